The second kappa shape index (κ2) is 8.80. The van der Waals surface area contributed by atoms with Gasteiger partial charge in [0.25, 0.3) is 0 Å². The van der Waals surface area contributed by atoms with Crippen LogP contribution in [0.3, 0.4) is 0 Å². The van der Waals surface area contributed by atoms with Gasteiger partial charge in [0.15, 0.2) is 0 Å². The summed E-state index contributed by atoms with van der Waals surface area (Å²) in [5.74, 6) is -0.174. The summed E-state index contributed by atoms with van der Waals surface area (Å²) in [5, 5.41) is 18.1. The molecule has 21 heavy (non-hydrogen) atoms. The van der Waals surface area contributed by atoms with Gasteiger partial charge in [-0.2, -0.15) is 0 Å². The Morgan fingerprint density at radius 2 is 1.67 bits per heavy atom. The third kappa shape index (κ3) is 6.74. The molecule has 1 aromatic carbocycles. The molecular formula is C17H27NO3. The Balaban J connectivity index is 2.71. The lowest BCUT2D eigenvalue weighted by Crippen LogP contribution is -2.37. The summed E-state index contributed by atoms with van der Waals surface area (Å²) in [6.07, 6.45) is 1.83. The third-order valence-electron chi connectivity index (χ3n) is 3.62. The van der Waals surface area contributed by atoms with Crippen LogP contribution in [0.4, 0.5) is 0 Å². The van der Waals surface area contributed by atoms with E-state index in [-0.39, 0.29) is 19.1 Å². The standard InChI is InChI=1S/C17H27NO3/c1-13(2)10-14-4-6-15(7-5-14)11-16(12-17(20)21)18(3)8-9-19/h4-7,13,16,19H,8-12H2,1-3H3,(H,20,21). The molecule has 0 aliphatic rings. The van der Waals surface area contributed by atoms with Gasteiger partial charge in [-0.3, -0.25) is 4.79 Å². The van der Waals surface area contributed by atoms with E-state index < -0.39 is 5.97 Å². The van der Waals surface area contributed by atoms with Gasteiger partial charge in [0.05, 0.1) is 13.0 Å². The highest BCUT2D eigenvalue weighted by Crippen LogP contribution is 2.14. The minimum Gasteiger partial charge on any atom is -0.481 e. The Bertz CT molecular complexity index is 428. The molecule has 0 amide bonds. The number of aliphatic hydroxyl groups excluding tert-OH is 1. The van der Waals surface area contributed by atoms with Crippen LogP contribution in [-0.2, 0) is 17.6 Å². The van der Waals surface area contributed by atoms with E-state index in [1.165, 1.54) is 5.56 Å². The van der Waals surface area contributed by atoms with Gasteiger partial charge in [0.1, 0.15) is 0 Å². The molecule has 0 saturated heterocycles. The van der Waals surface area contributed by atoms with Crippen LogP contribution in [0.1, 0.15) is 31.4 Å². The maximum Gasteiger partial charge on any atom is 0.304 e. The van der Waals surface area contributed by atoms with Gasteiger partial charge in [0, 0.05) is 12.6 Å². The Kier molecular flexibility index (Phi) is 7.40. The Morgan fingerprint density at radius 3 is 2.10 bits per heavy atom. The zero-order valence-corrected chi connectivity index (χ0v) is 13.2. The number of hydrogen-bond donors (Lipinski definition) is 2. The first kappa shape index (κ1) is 17.7. The van der Waals surface area contributed by atoms with Gasteiger partial charge in [-0.05, 0) is 36.9 Å². The fourth-order valence-electron chi connectivity index (χ4n) is 2.48. The van der Waals surface area contributed by atoms with Gasteiger partial charge in [-0.25, -0.2) is 0 Å². The van der Waals surface area contributed by atoms with Crippen molar-refractivity contribution < 1.29 is 15.0 Å². The van der Waals surface area contributed by atoms with Crippen LogP contribution in [0.2, 0.25) is 0 Å². The van der Waals surface area contributed by atoms with Crippen LogP contribution >= 0.6 is 0 Å². The van der Waals surface area contributed by atoms with E-state index in [0.717, 1.165) is 12.0 Å². The summed E-state index contributed by atoms with van der Waals surface area (Å²) in [6, 6.07) is 8.32. The number of likely N-dealkylation sites (N-methyl/N-ethyl adjacent to an activating group) is 1. The maximum atomic E-state index is 11.0. The van der Waals surface area contributed by atoms with Crippen molar-refractivity contribution in [3.8, 4) is 0 Å². The van der Waals surface area contributed by atoms with Crippen molar-refractivity contribution in [3.63, 3.8) is 0 Å². The molecule has 0 bridgehead atoms. The number of rotatable bonds is 9. The summed E-state index contributed by atoms with van der Waals surface area (Å²) in [4.78, 5) is 12.9. The summed E-state index contributed by atoms with van der Waals surface area (Å²) >= 11 is 0. The smallest absolute Gasteiger partial charge is 0.304 e. The highest BCUT2D eigenvalue weighted by Gasteiger charge is 2.18. The van der Waals surface area contributed by atoms with Gasteiger partial charge in [0.2, 0.25) is 0 Å². The number of carboxylic acids is 1. The molecule has 0 aliphatic heterocycles. The second-order valence-corrected chi connectivity index (χ2v) is 6.07. The van der Waals surface area contributed by atoms with Crippen LogP contribution < -0.4 is 0 Å². The van der Waals surface area contributed by atoms with Crippen molar-refractivity contribution in [2.45, 2.75) is 39.2 Å². The van der Waals surface area contributed by atoms with Crippen molar-refractivity contribution in [1.82, 2.24) is 4.90 Å². The number of aliphatic hydroxyl groups is 1. The average Bonchev–Trinajstić information content (AvgIpc) is 2.39. The highest BCUT2D eigenvalue weighted by molar-refractivity contribution is 5.67. The molecule has 4 nitrogen and oxygen atoms in total. The Hall–Kier alpha value is -1.39. The molecule has 1 aromatic rings. The molecule has 0 saturated carbocycles. The molecule has 0 spiro atoms. The summed E-state index contributed by atoms with van der Waals surface area (Å²) < 4.78 is 0. The molecule has 4 heteroatoms. The van der Waals surface area contributed by atoms with Crippen molar-refractivity contribution in [1.29, 1.82) is 0 Å². The number of nitrogens with zero attached hydrogens (tertiary/aromatic N) is 1. The van der Waals surface area contributed by atoms with E-state index in [0.29, 0.717) is 18.9 Å². The first-order chi connectivity index (χ1) is 9.92. The largest absolute Gasteiger partial charge is 0.481 e. The minimum absolute atomic E-state index is 0.0416. The topological polar surface area (TPSA) is 60.8 Å². The van der Waals surface area contributed by atoms with E-state index in [9.17, 15) is 4.79 Å². The molecule has 0 radical (unpaired) electrons. The van der Waals surface area contributed by atoms with E-state index in [1.54, 1.807) is 0 Å². The molecule has 118 valence electrons. The second-order valence-electron chi connectivity index (χ2n) is 6.07. The summed E-state index contributed by atoms with van der Waals surface area (Å²) in [5.41, 5.74) is 2.45. The number of carbonyl (C=O) groups is 1. The molecule has 0 aromatic heterocycles. The fourth-order valence-corrected chi connectivity index (χ4v) is 2.48. The normalized spacial score (nSPS) is 12.9. The zero-order valence-electron chi connectivity index (χ0n) is 13.2. The highest BCUT2D eigenvalue weighted by atomic mass is 16.4. The van der Waals surface area contributed by atoms with Crippen LogP contribution in [-0.4, -0.2) is 47.3 Å². The van der Waals surface area contributed by atoms with Crippen LogP contribution in [0, 0.1) is 5.92 Å². The molecular weight excluding hydrogens is 266 g/mol. The minimum atomic E-state index is -0.804. The van der Waals surface area contributed by atoms with Crippen molar-refractivity contribution in [2.75, 3.05) is 20.2 Å². The lowest BCUT2D eigenvalue weighted by Gasteiger charge is -2.26. The SMILES string of the molecule is CC(C)Cc1ccc(CC(CC(=O)O)N(C)CCO)cc1. The Labute approximate surface area is 127 Å². The summed E-state index contributed by atoms with van der Waals surface area (Å²) in [7, 11) is 1.86. The first-order valence-electron chi connectivity index (χ1n) is 7.53. The summed E-state index contributed by atoms with van der Waals surface area (Å²) in [6.45, 7) is 4.92. The predicted octanol–water partition coefficient (Wildman–Crippen LogP) is 2.20. The van der Waals surface area contributed by atoms with Crippen LogP contribution in [0.25, 0.3) is 0 Å². The van der Waals surface area contributed by atoms with Gasteiger partial charge < -0.3 is 15.1 Å². The van der Waals surface area contributed by atoms with E-state index in [4.69, 9.17) is 10.2 Å². The lowest BCUT2D eigenvalue weighted by atomic mass is 9.98. The third-order valence-corrected chi connectivity index (χ3v) is 3.62. The molecule has 2 N–H and O–H groups in total. The monoisotopic (exact) mass is 293 g/mol. The van der Waals surface area contributed by atoms with E-state index >= 15 is 0 Å². The van der Waals surface area contributed by atoms with Crippen molar-refractivity contribution in [2.24, 2.45) is 5.92 Å². The molecule has 0 heterocycles. The lowest BCUT2D eigenvalue weighted by molar-refractivity contribution is -0.138. The molecule has 0 aliphatic carbocycles. The van der Waals surface area contributed by atoms with Gasteiger partial charge >= 0.3 is 5.97 Å². The van der Waals surface area contributed by atoms with Crippen molar-refractivity contribution in [3.05, 3.63) is 35.4 Å². The number of carboxylic acid groups (broad SMARTS) is 1. The number of aliphatic carboxylic acids is 1. The Morgan fingerprint density at radius 1 is 1.14 bits per heavy atom. The van der Waals surface area contributed by atoms with Crippen LogP contribution in [0.15, 0.2) is 24.3 Å². The van der Waals surface area contributed by atoms with Gasteiger partial charge in [-0.15, -0.1) is 0 Å². The van der Waals surface area contributed by atoms with Crippen molar-refractivity contribution >= 4 is 5.97 Å². The fraction of sp³-hybridized carbons (Fsp3) is 0.588. The predicted molar refractivity (Wildman–Crippen MR) is 84.4 cm³/mol. The first-order valence-corrected chi connectivity index (χ1v) is 7.53. The molecule has 1 atom stereocenters. The molecule has 1 rings (SSSR count). The quantitative estimate of drug-likeness (QED) is 0.733. The van der Waals surface area contributed by atoms with E-state index in [2.05, 4.69) is 38.1 Å². The van der Waals surface area contributed by atoms with Crippen LogP contribution in [0.5, 0.6) is 0 Å². The average molecular weight is 293 g/mol. The molecule has 0 fully saturated rings. The van der Waals surface area contributed by atoms with E-state index in [1.807, 2.05) is 11.9 Å². The number of benzene rings is 1. The maximum absolute atomic E-state index is 11.0. The molecule has 1 unspecified atom stereocenters. The number of hydrogen-bond acceptors (Lipinski definition) is 3. The van der Waals surface area contributed by atoms with Gasteiger partial charge in [-0.1, -0.05) is 38.1 Å². The zero-order chi connectivity index (χ0) is 15.8.